The van der Waals surface area contributed by atoms with E-state index in [0.717, 1.165) is 5.56 Å². The first-order valence-corrected chi connectivity index (χ1v) is 8.65. The first kappa shape index (κ1) is 18.8. The highest BCUT2D eigenvalue weighted by Crippen LogP contribution is 2.31. The number of benzene rings is 1. The van der Waals surface area contributed by atoms with Gasteiger partial charge in [0.1, 0.15) is 17.2 Å². The van der Waals surface area contributed by atoms with Gasteiger partial charge in [-0.3, -0.25) is 4.98 Å². The number of aromatic nitrogens is 2. The van der Waals surface area contributed by atoms with Gasteiger partial charge in [-0.2, -0.15) is 0 Å². The summed E-state index contributed by atoms with van der Waals surface area (Å²) in [6.07, 6.45) is 2.75. The molecule has 2 N–H and O–H groups in total. The Balaban J connectivity index is 2.11. The lowest BCUT2D eigenvalue weighted by molar-refractivity contribution is 0.0697. The van der Waals surface area contributed by atoms with Crippen molar-refractivity contribution < 1.29 is 14.3 Å². The summed E-state index contributed by atoms with van der Waals surface area (Å²) in [6, 6.07) is 9.39. The minimum Gasteiger partial charge on any atom is -0.478 e. The average Bonchev–Trinajstić information content (AvgIpc) is 2.63. The first-order chi connectivity index (χ1) is 12.9. The van der Waals surface area contributed by atoms with E-state index in [-0.39, 0.29) is 17.0 Å². The molecule has 0 spiro atoms. The largest absolute Gasteiger partial charge is 0.478 e. The van der Waals surface area contributed by atoms with E-state index in [1.807, 2.05) is 19.9 Å². The third-order valence-electron chi connectivity index (χ3n) is 4.06. The molecule has 1 aromatic carbocycles. The van der Waals surface area contributed by atoms with Gasteiger partial charge in [0.05, 0.1) is 11.4 Å². The number of carbonyl (C=O) groups is 1. The van der Waals surface area contributed by atoms with E-state index in [9.17, 15) is 14.3 Å². The molecular formula is C20H17ClFN3O2. The van der Waals surface area contributed by atoms with Gasteiger partial charge < -0.3 is 10.4 Å². The number of pyridine rings is 2. The molecule has 0 saturated carbocycles. The minimum absolute atomic E-state index is 0.0216. The smallest absolute Gasteiger partial charge is 0.339 e. The van der Waals surface area contributed by atoms with E-state index < -0.39 is 11.8 Å². The number of hydrogen-bond donors (Lipinski definition) is 2. The molecule has 0 bridgehead atoms. The topological polar surface area (TPSA) is 75.1 Å². The van der Waals surface area contributed by atoms with Crippen molar-refractivity contribution in [2.24, 2.45) is 0 Å². The summed E-state index contributed by atoms with van der Waals surface area (Å²) in [5.74, 6) is -0.969. The van der Waals surface area contributed by atoms with Crippen LogP contribution in [0.3, 0.4) is 0 Å². The first-order valence-electron chi connectivity index (χ1n) is 8.27. The van der Waals surface area contributed by atoms with Crippen LogP contribution < -0.4 is 5.32 Å². The molecule has 0 aliphatic heterocycles. The van der Waals surface area contributed by atoms with Gasteiger partial charge in [0.2, 0.25) is 0 Å². The van der Waals surface area contributed by atoms with Crippen LogP contribution in [-0.4, -0.2) is 21.0 Å². The van der Waals surface area contributed by atoms with Crippen LogP contribution >= 0.6 is 11.6 Å². The lowest BCUT2D eigenvalue weighted by atomic mass is 10.0. The number of nitrogens with zero attached hydrogens (tertiary/aromatic N) is 2. The molecule has 0 unspecified atom stereocenters. The van der Waals surface area contributed by atoms with Crippen molar-refractivity contribution in [2.75, 3.05) is 5.32 Å². The Morgan fingerprint density at radius 1 is 1.22 bits per heavy atom. The molecule has 0 fully saturated rings. The maximum absolute atomic E-state index is 14.2. The van der Waals surface area contributed by atoms with Crippen molar-refractivity contribution in [3.63, 3.8) is 0 Å². The summed E-state index contributed by atoms with van der Waals surface area (Å²) >= 11 is 5.99. The summed E-state index contributed by atoms with van der Waals surface area (Å²) in [5, 5.41) is 12.8. The van der Waals surface area contributed by atoms with Gasteiger partial charge in [-0.25, -0.2) is 14.2 Å². The maximum atomic E-state index is 14.2. The Hall–Kier alpha value is -2.99. The van der Waals surface area contributed by atoms with Crippen LogP contribution in [0.5, 0.6) is 0 Å². The van der Waals surface area contributed by atoms with E-state index in [0.29, 0.717) is 22.2 Å². The third kappa shape index (κ3) is 4.06. The van der Waals surface area contributed by atoms with Crippen LogP contribution in [0, 0.1) is 5.82 Å². The third-order valence-corrected chi connectivity index (χ3v) is 4.29. The van der Waals surface area contributed by atoms with Gasteiger partial charge in [-0.15, -0.1) is 0 Å². The standard InChI is InChI=1S/C20H17ClFN3O2/c1-11(2)13-4-6-17(14-9-12(21)3-5-16(14)22)24-19(13)25-18-7-8-23-10-15(18)20(26)27/h3-11H,1-2H3,(H,26,27)(H,23,24,25). The second-order valence-electron chi connectivity index (χ2n) is 6.26. The van der Waals surface area contributed by atoms with Gasteiger partial charge in [-0.1, -0.05) is 31.5 Å². The summed E-state index contributed by atoms with van der Waals surface area (Å²) in [7, 11) is 0. The predicted molar refractivity (Wildman–Crippen MR) is 103 cm³/mol. The zero-order chi connectivity index (χ0) is 19.6. The quantitative estimate of drug-likeness (QED) is 0.606. The fourth-order valence-corrected chi connectivity index (χ4v) is 2.85. The maximum Gasteiger partial charge on any atom is 0.339 e. The summed E-state index contributed by atoms with van der Waals surface area (Å²) in [5.41, 5.74) is 1.92. The predicted octanol–water partition coefficient (Wildman–Crippen LogP) is 5.50. The van der Waals surface area contributed by atoms with Crippen molar-refractivity contribution in [3.8, 4) is 11.3 Å². The second-order valence-corrected chi connectivity index (χ2v) is 6.70. The molecule has 2 heterocycles. The lowest BCUT2D eigenvalue weighted by Gasteiger charge is -2.16. The van der Waals surface area contributed by atoms with Gasteiger partial charge >= 0.3 is 5.97 Å². The van der Waals surface area contributed by atoms with E-state index in [4.69, 9.17) is 11.6 Å². The Morgan fingerprint density at radius 3 is 2.70 bits per heavy atom. The molecule has 5 nitrogen and oxygen atoms in total. The SMILES string of the molecule is CC(C)c1ccc(-c2cc(Cl)ccc2F)nc1Nc1ccncc1C(=O)O. The molecule has 0 aliphatic rings. The molecule has 3 rings (SSSR count). The van der Waals surface area contributed by atoms with Gasteiger partial charge in [0.15, 0.2) is 0 Å². The van der Waals surface area contributed by atoms with Crippen molar-refractivity contribution in [2.45, 2.75) is 19.8 Å². The summed E-state index contributed by atoms with van der Waals surface area (Å²) in [4.78, 5) is 19.8. The number of anilines is 2. The molecule has 0 atom stereocenters. The molecule has 0 amide bonds. The molecular weight excluding hydrogens is 369 g/mol. The molecule has 0 saturated heterocycles. The van der Waals surface area contributed by atoms with Gasteiger partial charge in [-0.05, 0) is 41.8 Å². The monoisotopic (exact) mass is 385 g/mol. The molecule has 3 aromatic rings. The Kier molecular flexibility index (Phi) is 5.37. The van der Waals surface area contributed by atoms with Crippen LogP contribution in [-0.2, 0) is 0 Å². The zero-order valence-corrected chi connectivity index (χ0v) is 15.5. The number of halogens is 2. The number of aromatic carboxylic acids is 1. The van der Waals surface area contributed by atoms with Crippen molar-refractivity contribution in [1.29, 1.82) is 0 Å². The van der Waals surface area contributed by atoms with E-state index in [2.05, 4.69) is 15.3 Å². The highest BCUT2D eigenvalue weighted by atomic mass is 35.5. The molecule has 7 heteroatoms. The van der Waals surface area contributed by atoms with Crippen LogP contribution in [0.15, 0.2) is 48.8 Å². The van der Waals surface area contributed by atoms with E-state index in [1.165, 1.54) is 30.6 Å². The van der Waals surface area contributed by atoms with Crippen LogP contribution in [0.2, 0.25) is 5.02 Å². The number of hydrogen-bond acceptors (Lipinski definition) is 4. The number of carboxylic acid groups (broad SMARTS) is 1. The van der Waals surface area contributed by atoms with Crippen molar-refractivity contribution in [3.05, 3.63) is 70.8 Å². The number of rotatable bonds is 5. The van der Waals surface area contributed by atoms with E-state index in [1.54, 1.807) is 12.1 Å². The Morgan fingerprint density at radius 2 is 2.00 bits per heavy atom. The minimum atomic E-state index is -1.10. The zero-order valence-electron chi connectivity index (χ0n) is 14.7. The van der Waals surface area contributed by atoms with Crippen LogP contribution in [0.25, 0.3) is 11.3 Å². The Labute approximate surface area is 160 Å². The fraction of sp³-hybridized carbons (Fsp3) is 0.150. The number of carboxylic acids is 1. The normalized spacial score (nSPS) is 10.9. The molecule has 27 heavy (non-hydrogen) atoms. The van der Waals surface area contributed by atoms with Crippen molar-refractivity contribution >= 4 is 29.1 Å². The van der Waals surface area contributed by atoms with Crippen LogP contribution in [0.4, 0.5) is 15.9 Å². The summed E-state index contributed by atoms with van der Waals surface area (Å²) < 4.78 is 14.2. The summed E-state index contributed by atoms with van der Waals surface area (Å²) in [6.45, 7) is 3.99. The van der Waals surface area contributed by atoms with Gasteiger partial charge in [0.25, 0.3) is 0 Å². The van der Waals surface area contributed by atoms with Gasteiger partial charge in [0, 0.05) is 23.0 Å². The lowest BCUT2D eigenvalue weighted by Crippen LogP contribution is -2.07. The highest BCUT2D eigenvalue weighted by Gasteiger charge is 2.16. The van der Waals surface area contributed by atoms with Crippen molar-refractivity contribution in [1.82, 2.24) is 9.97 Å². The molecule has 138 valence electrons. The van der Waals surface area contributed by atoms with E-state index >= 15 is 0 Å². The highest BCUT2D eigenvalue weighted by molar-refractivity contribution is 6.30. The molecule has 2 aromatic heterocycles. The van der Waals surface area contributed by atoms with Crippen LogP contribution in [0.1, 0.15) is 35.7 Å². The molecule has 0 radical (unpaired) electrons. The second kappa shape index (κ2) is 7.72. The Bertz CT molecular complexity index is 1010. The fourth-order valence-electron chi connectivity index (χ4n) is 2.68. The molecule has 0 aliphatic carbocycles. The average molecular weight is 386 g/mol. The number of nitrogens with one attached hydrogen (secondary N) is 1.